The molecule has 1 aliphatic rings. The zero-order valence-electron chi connectivity index (χ0n) is 14.9. The Balaban J connectivity index is 1.80. The second kappa shape index (κ2) is 7.57. The Bertz CT molecular complexity index is 875. The summed E-state index contributed by atoms with van der Waals surface area (Å²) in [5.41, 5.74) is 2.16. The van der Waals surface area contributed by atoms with Gasteiger partial charge in [-0.15, -0.1) is 0 Å². The van der Waals surface area contributed by atoms with E-state index < -0.39 is 0 Å². The largest absolute Gasteiger partial charge is 0.493 e. The van der Waals surface area contributed by atoms with Crippen molar-refractivity contribution in [2.45, 2.75) is 20.0 Å². The number of carbonyl (C=O) groups excluding carboxylic acids is 1. The van der Waals surface area contributed by atoms with E-state index in [9.17, 15) is 4.79 Å². The molecule has 0 radical (unpaired) electrons. The molecular weight excluding hydrogens is 352 g/mol. The van der Waals surface area contributed by atoms with E-state index in [1.54, 1.807) is 38.6 Å². The summed E-state index contributed by atoms with van der Waals surface area (Å²) < 4.78 is 12.3. The number of hydrogen-bond acceptors (Lipinski definition) is 5. The average Bonchev–Trinajstić information content (AvgIpc) is 3.21. The second-order valence-corrected chi connectivity index (χ2v) is 6.08. The van der Waals surface area contributed by atoms with Crippen molar-refractivity contribution < 1.29 is 14.3 Å². The van der Waals surface area contributed by atoms with E-state index >= 15 is 0 Å². The Morgan fingerprint density at radius 2 is 2.04 bits per heavy atom. The van der Waals surface area contributed by atoms with E-state index in [1.807, 2.05) is 23.9 Å². The summed E-state index contributed by atoms with van der Waals surface area (Å²) in [7, 11) is 3.15. The molecule has 2 heterocycles. The van der Waals surface area contributed by atoms with Crippen molar-refractivity contribution in [3.8, 4) is 11.5 Å². The van der Waals surface area contributed by atoms with Gasteiger partial charge in [0.15, 0.2) is 16.6 Å². The summed E-state index contributed by atoms with van der Waals surface area (Å²) in [5.74, 6) is 1.05. The molecule has 1 aromatic heterocycles. The highest BCUT2D eigenvalue weighted by molar-refractivity contribution is 7.80. The minimum Gasteiger partial charge on any atom is -0.493 e. The van der Waals surface area contributed by atoms with Crippen molar-refractivity contribution in [1.29, 1.82) is 0 Å². The van der Waals surface area contributed by atoms with Gasteiger partial charge in [0.25, 0.3) is 5.91 Å². The first kappa shape index (κ1) is 17.9. The first-order chi connectivity index (χ1) is 12.5. The monoisotopic (exact) mass is 372 g/mol. The van der Waals surface area contributed by atoms with Gasteiger partial charge in [0, 0.05) is 18.3 Å². The van der Waals surface area contributed by atoms with Crippen LogP contribution in [-0.2, 0) is 17.9 Å². The lowest BCUT2D eigenvalue weighted by Gasteiger charge is -2.12. The first-order valence-corrected chi connectivity index (χ1v) is 8.54. The summed E-state index contributed by atoms with van der Waals surface area (Å²) in [6, 6.07) is 5.44. The number of nitrogens with one attached hydrogen (secondary N) is 1. The molecule has 26 heavy (non-hydrogen) atoms. The number of nitrogens with zero attached hydrogens (tertiary/aromatic N) is 3. The van der Waals surface area contributed by atoms with Crippen LogP contribution < -0.4 is 14.8 Å². The number of benzene rings is 1. The van der Waals surface area contributed by atoms with Gasteiger partial charge >= 0.3 is 0 Å². The molecule has 1 fully saturated rings. The van der Waals surface area contributed by atoms with Crippen molar-refractivity contribution in [3.05, 3.63) is 47.4 Å². The molecule has 136 valence electrons. The van der Waals surface area contributed by atoms with Crippen LogP contribution >= 0.6 is 12.2 Å². The predicted molar refractivity (Wildman–Crippen MR) is 102 cm³/mol. The number of aromatic nitrogens is 2. The van der Waals surface area contributed by atoms with E-state index in [1.165, 1.54) is 4.90 Å². The van der Waals surface area contributed by atoms with Crippen LogP contribution in [0.1, 0.15) is 18.1 Å². The van der Waals surface area contributed by atoms with Crippen molar-refractivity contribution in [1.82, 2.24) is 20.0 Å². The molecule has 0 aliphatic carbocycles. The lowest BCUT2D eigenvalue weighted by molar-refractivity contribution is -0.122. The van der Waals surface area contributed by atoms with Crippen molar-refractivity contribution >= 4 is 29.3 Å². The Kier molecular flexibility index (Phi) is 5.22. The van der Waals surface area contributed by atoms with E-state index in [2.05, 4.69) is 10.4 Å². The van der Waals surface area contributed by atoms with E-state index in [4.69, 9.17) is 21.7 Å². The fourth-order valence-corrected chi connectivity index (χ4v) is 2.93. The van der Waals surface area contributed by atoms with Gasteiger partial charge in [0.2, 0.25) is 0 Å². The topological polar surface area (TPSA) is 68.6 Å². The average molecular weight is 372 g/mol. The second-order valence-electron chi connectivity index (χ2n) is 5.70. The smallest absolute Gasteiger partial charge is 0.276 e. The molecule has 2 aromatic rings. The van der Waals surface area contributed by atoms with Crippen LogP contribution in [-0.4, -0.2) is 39.9 Å². The molecule has 0 spiro atoms. The third-order valence-electron chi connectivity index (χ3n) is 4.03. The maximum Gasteiger partial charge on any atom is 0.276 e. The highest BCUT2D eigenvalue weighted by Crippen LogP contribution is 2.28. The van der Waals surface area contributed by atoms with Gasteiger partial charge < -0.3 is 14.8 Å². The summed E-state index contributed by atoms with van der Waals surface area (Å²) >= 11 is 5.31. The molecule has 1 aromatic carbocycles. The van der Waals surface area contributed by atoms with Crippen molar-refractivity contribution in [3.63, 3.8) is 0 Å². The molecular formula is C18H20N4O3S. The van der Waals surface area contributed by atoms with Crippen LogP contribution in [0, 0.1) is 0 Å². The molecule has 7 nitrogen and oxygen atoms in total. The maximum atomic E-state index is 12.7. The summed E-state index contributed by atoms with van der Waals surface area (Å²) in [5, 5.41) is 7.58. The van der Waals surface area contributed by atoms with Crippen LogP contribution in [0.5, 0.6) is 11.5 Å². The molecule has 3 rings (SSSR count). The van der Waals surface area contributed by atoms with Gasteiger partial charge in [-0.1, -0.05) is 6.07 Å². The number of methoxy groups -OCH3 is 2. The summed E-state index contributed by atoms with van der Waals surface area (Å²) in [6.07, 6.45) is 5.40. The zero-order valence-corrected chi connectivity index (χ0v) is 15.7. The lowest BCUT2D eigenvalue weighted by Crippen LogP contribution is -2.29. The number of carbonyl (C=O) groups is 1. The molecule has 0 bridgehead atoms. The number of hydrogen-bond donors (Lipinski definition) is 1. The Morgan fingerprint density at radius 3 is 2.69 bits per heavy atom. The fourth-order valence-electron chi connectivity index (χ4n) is 2.67. The highest BCUT2D eigenvalue weighted by atomic mass is 32.1. The van der Waals surface area contributed by atoms with Crippen LogP contribution in [0.2, 0.25) is 0 Å². The van der Waals surface area contributed by atoms with E-state index in [0.717, 1.165) is 17.7 Å². The van der Waals surface area contributed by atoms with Gasteiger partial charge in [-0.05, 0) is 42.9 Å². The number of amides is 1. The fraction of sp³-hybridized carbons (Fsp3) is 0.278. The number of thiocarbonyl (C=S) groups is 1. The normalized spacial score (nSPS) is 15.5. The standard InChI is InChI=1S/C18H20N4O3S/c1-4-21-10-13(9-19-21)11-22-17(23)14(20-18(22)26)7-12-5-6-15(24-2)16(8-12)25-3/h5-10H,4,11H2,1-3H3,(H,20,26)/b14-7+. The van der Waals surface area contributed by atoms with Gasteiger partial charge in [0.05, 0.1) is 27.0 Å². The molecule has 0 saturated carbocycles. The van der Waals surface area contributed by atoms with Crippen LogP contribution in [0.3, 0.4) is 0 Å². The van der Waals surface area contributed by atoms with Gasteiger partial charge in [-0.25, -0.2) is 0 Å². The Labute approximate surface area is 157 Å². The third-order valence-corrected chi connectivity index (χ3v) is 4.35. The van der Waals surface area contributed by atoms with Gasteiger partial charge in [-0.2, -0.15) is 5.10 Å². The SMILES string of the molecule is CCn1cc(CN2C(=O)/C(=C\c3ccc(OC)c(OC)c3)NC2=S)cn1. The first-order valence-electron chi connectivity index (χ1n) is 8.13. The Hall–Kier alpha value is -2.87. The summed E-state index contributed by atoms with van der Waals surface area (Å²) in [4.78, 5) is 14.2. The van der Waals surface area contributed by atoms with Crippen LogP contribution in [0.25, 0.3) is 6.08 Å². The van der Waals surface area contributed by atoms with Crippen molar-refractivity contribution in [2.75, 3.05) is 14.2 Å². The maximum absolute atomic E-state index is 12.7. The number of ether oxygens (including phenoxy) is 2. The Morgan fingerprint density at radius 1 is 1.27 bits per heavy atom. The molecule has 1 aliphatic heterocycles. The minimum absolute atomic E-state index is 0.172. The minimum atomic E-state index is -0.172. The molecule has 1 saturated heterocycles. The molecule has 1 amide bonds. The summed E-state index contributed by atoms with van der Waals surface area (Å²) in [6.45, 7) is 3.17. The molecule has 0 unspecified atom stereocenters. The number of rotatable bonds is 6. The third kappa shape index (κ3) is 3.55. The quantitative estimate of drug-likeness (QED) is 0.619. The predicted octanol–water partition coefficient (Wildman–Crippen LogP) is 2.18. The van der Waals surface area contributed by atoms with Crippen molar-refractivity contribution in [2.24, 2.45) is 0 Å². The van der Waals surface area contributed by atoms with E-state index in [0.29, 0.717) is 28.9 Å². The zero-order chi connectivity index (χ0) is 18.7. The number of aryl methyl sites for hydroxylation is 1. The molecule has 1 N–H and O–H groups in total. The van der Waals surface area contributed by atoms with E-state index in [-0.39, 0.29) is 5.91 Å². The lowest BCUT2D eigenvalue weighted by atomic mass is 10.1. The molecule has 8 heteroatoms. The molecule has 0 atom stereocenters. The van der Waals surface area contributed by atoms with Crippen LogP contribution in [0.15, 0.2) is 36.3 Å². The highest BCUT2D eigenvalue weighted by Gasteiger charge is 2.30. The van der Waals surface area contributed by atoms with Crippen LogP contribution in [0.4, 0.5) is 0 Å². The van der Waals surface area contributed by atoms with Gasteiger partial charge in [0.1, 0.15) is 5.70 Å². The van der Waals surface area contributed by atoms with Gasteiger partial charge in [-0.3, -0.25) is 14.4 Å².